The second-order valence-electron chi connectivity index (χ2n) is 2.89. The fourth-order valence-corrected chi connectivity index (χ4v) is 0.990. The molecular formula is C9H15N3O. The summed E-state index contributed by atoms with van der Waals surface area (Å²) >= 11 is 0. The van der Waals surface area contributed by atoms with E-state index in [1.54, 1.807) is 23.9 Å². The third kappa shape index (κ3) is 2.91. The first-order valence-corrected chi connectivity index (χ1v) is 4.29. The van der Waals surface area contributed by atoms with E-state index in [2.05, 4.69) is 10.6 Å². The zero-order valence-corrected chi connectivity index (χ0v) is 8.00. The Morgan fingerprint density at radius 1 is 1.46 bits per heavy atom. The van der Waals surface area contributed by atoms with Gasteiger partial charge in [0.2, 0.25) is 0 Å². The number of likely N-dealkylation sites (N-methyl/N-ethyl adjacent to an activating group) is 1. The zero-order valence-electron chi connectivity index (χ0n) is 8.00. The average Bonchev–Trinajstić information content (AvgIpc) is 2.12. The third-order valence-electron chi connectivity index (χ3n) is 1.81. The van der Waals surface area contributed by atoms with Crippen LogP contribution in [0.15, 0.2) is 23.1 Å². The topological polar surface area (TPSA) is 46.1 Å². The van der Waals surface area contributed by atoms with E-state index in [4.69, 9.17) is 0 Å². The van der Waals surface area contributed by atoms with Crippen LogP contribution in [-0.4, -0.2) is 24.7 Å². The van der Waals surface area contributed by atoms with Gasteiger partial charge < -0.3 is 15.2 Å². The molecule has 2 N–H and O–H groups in total. The summed E-state index contributed by atoms with van der Waals surface area (Å²) < 4.78 is 1.54. The van der Waals surface area contributed by atoms with Crippen LogP contribution in [0.1, 0.15) is 0 Å². The van der Waals surface area contributed by atoms with E-state index in [-0.39, 0.29) is 5.56 Å². The van der Waals surface area contributed by atoms with E-state index < -0.39 is 0 Å². The molecule has 1 heterocycles. The first kappa shape index (κ1) is 9.80. The molecule has 0 amide bonds. The number of hydrogen-bond donors (Lipinski definition) is 2. The molecule has 0 saturated heterocycles. The number of aromatic nitrogens is 1. The Bertz CT molecular complexity index is 319. The second kappa shape index (κ2) is 4.67. The summed E-state index contributed by atoms with van der Waals surface area (Å²) in [5.74, 6) is 0. The van der Waals surface area contributed by atoms with Crippen LogP contribution >= 0.6 is 0 Å². The molecule has 1 rings (SSSR count). The Morgan fingerprint density at radius 2 is 2.23 bits per heavy atom. The summed E-state index contributed by atoms with van der Waals surface area (Å²) in [5, 5.41) is 6.16. The maximum atomic E-state index is 11.2. The molecule has 0 spiro atoms. The van der Waals surface area contributed by atoms with Gasteiger partial charge >= 0.3 is 0 Å². The highest BCUT2D eigenvalue weighted by atomic mass is 16.1. The maximum absolute atomic E-state index is 11.2. The Hall–Kier alpha value is -1.29. The number of aryl methyl sites for hydroxylation is 1. The van der Waals surface area contributed by atoms with Crippen LogP contribution in [-0.2, 0) is 7.05 Å². The summed E-state index contributed by atoms with van der Waals surface area (Å²) in [4.78, 5) is 11.2. The van der Waals surface area contributed by atoms with Gasteiger partial charge in [-0.1, -0.05) is 0 Å². The molecule has 0 fully saturated rings. The molecule has 13 heavy (non-hydrogen) atoms. The minimum absolute atomic E-state index is 0.00876. The first-order chi connectivity index (χ1) is 6.24. The molecule has 0 aromatic carbocycles. The van der Waals surface area contributed by atoms with Crippen LogP contribution in [0.25, 0.3) is 0 Å². The Kier molecular flexibility index (Phi) is 3.52. The SMILES string of the molecule is CNCCNc1ccn(C)c(=O)c1. The lowest BCUT2D eigenvalue weighted by molar-refractivity contribution is 0.820. The molecule has 1 aromatic heterocycles. The van der Waals surface area contributed by atoms with Crippen LogP contribution < -0.4 is 16.2 Å². The lowest BCUT2D eigenvalue weighted by Gasteiger charge is -2.05. The van der Waals surface area contributed by atoms with Crippen molar-refractivity contribution >= 4 is 5.69 Å². The molecule has 0 radical (unpaired) electrons. The van der Waals surface area contributed by atoms with Crippen molar-refractivity contribution in [1.82, 2.24) is 9.88 Å². The van der Waals surface area contributed by atoms with Crippen molar-refractivity contribution in [2.45, 2.75) is 0 Å². The van der Waals surface area contributed by atoms with Gasteiger partial charge in [-0.05, 0) is 13.1 Å². The minimum Gasteiger partial charge on any atom is -0.384 e. The van der Waals surface area contributed by atoms with Crippen molar-refractivity contribution in [3.05, 3.63) is 28.7 Å². The number of anilines is 1. The smallest absolute Gasteiger partial charge is 0.252 e. The number of nitrogens with zero attached hydrogens (tertiary/aromatic N) is 1. The van der Waals surface area contributed by atoms with E-state index in [0.717, 1.165) is 18.8 Å². The summed E-state index contributed by atoms with van der Waals surface area (Å²) in [7, 11) is 3.63. The van der Waals surface area contributed by atoms with Gasteiger partial charge in [-0.3, -0.25) is 4.79 Å². The van der Waals surface area contributed by atoms with Gasteiger partial charge in [-0.15, -0.1) is 0 Å². The van der Waals surface area contributed by atoms with Gasteiger partial charge in [0.1, 0.15) is 0 Å². The fourth-order valence-electron chi connectivity index (χ4n) is 0.990. The molecule has 0 atom stereocenters. The van der Waals surface area contributed by atoms with E-state index in [9.17, 15) is 4.79 Å². The summed E-state index contributed by atoms with van der Waals surface area (Å²) in [6, 6.07) is 3.48. The summed E-state index contributed by atoms with van der Waals surface area (Å²) in [6.07, 6.45) is 1.75. The highest BCUT2D eigenvalue weighted by Gasteiger charge is 1.93. The molecule has 0 unspecified atom stereocenters. The molecule has 4 nitrogen and oxygen atoms in total. The standard InChI is InChI=1S/C9H15N3O/c1-10-4-5-11-8-3-6-12(2)9(13)7-8/h3,6-7,10-11H,4-5H2,1-2H3. The first-order valence-electron chi connectivity index (χ1n) is 4.29. The predicted octanol–water partition coefficient (Wildman–Crippen LogP) is 0.0166. The molecule has 1 aromatic rings. The number of pyridine rings is 1. The lowest BCUT2D eigenvalue weighted by Crippen LogP contribution is -2.20. The van der Waals surface area contributed by atoms with Crippen molar-refractivity contribution in [3.63, 3.8) is 0 Å². The molecular weight excluding hydrogens is 166 g/mol. The van der Waals surface area contributed by atoms with Crippen LogP contribution in [0.5, 0.6) is 0 Å². The van der Waals surface area contributed by atoms with Crippen molar-refractivity contribution in [1.29, 1.82) is 0 Å². The summed E-state index contributed by atoms with van der Waals surface area (Å²) in [6.45, 7) is 1.71. The van der Waals surface area contributed by atoms with Gasteiger partial charge in [0.15, 0.2) is 0 Å². The molecule has 4 heteroatoms. The van der Waals surface area contributed by atoms with E-state index in [0.29, 0.717) is 0 Å². The van der Waals surface area contributed by atoms with Gasteiger partial charge in [-0.25, -0.2) is 0 Å². The normalized spacial score (nSPS) is 10.0. The number of hydrogen-bond acceptors (Lipinski definition) is 3. The number of nitrogens with one attached hydrogen (secondary N) is 2. The fraction of sp³-hybridized carbons (Fsp3) is 0.444. The third-order valence-corrected chi connectivity index (χ3v) is 1.81. The van der Waals surface area contributed by atoms with E-state index in [1.165, 1.54) is 0 Å². The molecule has 0 aliphatic heterocycles. The van der Waals surface area contributed by atoms with Crippen molar-refractivity contribution in [3.8, 4) is 0 Å². The highest BCUT2D eigenvalue weighted by Crippen LogP contribution is 1.99. The van der Waals surface area contributed by atoms with Gasteiger partial charge in [0, 0.05) is 38.1 Å². The van der Waals surface area contributed by atoms with Gasteiger partial charge in [0.05, 0.1) is 0 Å². The van der Waals surface area contributed by atoms with Gasteiger partial charge in [-0.2, -0.15) is 0 Å². The maximum Gasteiger partial charge on any atom is 0.252 e. The molecule has 0 aliphatic carbocycles. The molecule has 72 valence electrons. The van der Waals surface area contributed by atoms with Crippen molar-refractivity contribution < 1.29 is 0 Å². The molecule has 0 saturated carbocycles. The predicted molar refractivity (Wildman–Crippen MR) is 54.1 cm³/mol. The Morgan fingerprint density at radius 3 is 2.85 bits per heavy atom. The van der Waals surface area contributed by atoms with Crippen LogP contribution in [0, 0.1) is 0 Å². The minimum atomic E-state index is 0.00876. The highest BCUT2D eigenvalue weighted by molar-refractivity contribution is 5.40. The monoisotopic (exact) mass is 181 g/mol. The molecule has 0 aliphatic rings. The van der Waals surface area contributed by atoms with Crippen LogP contribution in [0.2, 0.25) is 0 Å². The van der Waals surface area contributed by atoms with Crippen molar-refractivity contribution in [2.75, 3.05) is 25.5 Å². The second-order valence-corrected chi connectivity index (χ2v) is 2.89. The lowest BCUT2D eigenvalue weighted by atomic mass is 10.4. The number of rotatable bonds is 4. The quantitative estimate of drug-likeness (QED) is 0.643. The molecule has 0 bridgehead atoms. The Balaban J connectivity index is 2.58. The van der Waals surface area contributed by atoms with Crippen LogP contribution in [0.3, 0.4) is 0 Å². The Labute approximate surface area is 77.6 Å². The zero-order chi connectivity index (χ0) is 9.68. The van der Waals surface area contributed by atoms with Gasteiger partial charge in [0.25, 0.3) is 5.56 Å². The van der Waals surface area contributed by atoms with E-state index >= 15 is 0 Å². The van der Waals surface area contributed by atoms with Crippen molar-refractivity contribution in [2.24, 2.45) is 7.05 Å². The largest absolute Gasteiger partial charge is 0.384 e. The average molecular weight is 181 g/mol. The summed E-state index contributed by atoms with van der Waals surface area (Å²) in [5.41, 5.74) is 0.882. The van der Waals surface area contributed by atoms with Crippen LogP contribution in [0.4, 0.5) is 5.69 Å². The van der Waals surface area contributed by atoms with E-state index in [1.807, 2.05) is 13.1 Å².